The number of halogens is 1. The molecular weight excluding hydrogens is 444 g/mol. The number of carbonyl (C=O) groups excluding carboxylic acids is 2. The molecule has 0 unspecified atom stereocenters. The van der Waals surface area contributed by atoms with Crippen LogP contribution < -0.4 is 5.32 Å². The summed E-state index contributed by atoms with van der Waals surface area (Å²) in [5.74, 6) is -0.155. The number of hydrogen-bond acceptors (Lipinski definition) is 6. The van der Waals surface area contributed by atoms with Gasteiger partial charge in [0.2, 0.25) is 11.0 Å². The van der Waals surface area contributed by atoms with Crippen LogP contribution in [0.4, 0.5) is 5.13 Å². The number of amides is 2. The molecule has 3 aromatic rings. The zero-order valence-electron chi connectivity index (χ0n) is 15.2. The summed E-state index contributed by atoms with van der Waals surface area (Å²) >= 11 is 4.70. The summed E-state index contributed by atoms with van der Waals surface area (Å²) in [5.41, 5.74) is 0.930. The van der Waals surface area contributed by atoms with Crippen molar-refractivity contribution in [3.05, 3.63) is 52.9 Å². The number of carbonyl (C=O) groups is 2. The standard InChI is InChI=1S/C19H19BrN4O3S/c1-2-10-24(18(26)15-4-3-12-27-15)11-9-16(25)21-19-23-22-17(28-19)13-5-7-14(20)8-6-13/h3-8,12H,2,9-11H2,1H3,(H,21,23,25). The molecule has 0 atom stereocenters. The van der Waals surface area contributed by atoms with Crippen molar-refractivity contribution in [1.82, 2.24) is 15.1 Å². The maximum absolute atomic E-state index is 12.4. The van der Waals surface area contributed by atoms with Crippen LogP contribution >= 0.6 is 27.3 Å². The zero-order chi connectivity index (χ0) is 19.9. The molecule has 0 aliphatic heterocycles. The predicted molar refractivity (Wildman–Crippen MR) is 111 cm³/mol. The predicted octanol–water partition coefficient (Wildman–Crippen LogP) is 4.44. The van der Waals surface area contributed by atoms with Crippen molar-refractivity contribution in [2.45, 2.75) is 19.8 Å². The molecule has 1 aromatic carbocycles. The molecule has 7 nitrogen and oxygen atoms in total. The van der Waals surface area contributed by atoms with Crippen LogP contribution in [0.25, 0.3) is 10.6 Å². The highest BCUT2D eigenvalue weighted by molar-refractivity contribution is 9.10. The summed E-state index contributed by atoms with van der Waals surface area (Å²) in [6.07, 6.45) is 2.42. The fourth-order valence-electron chi connectivity index (χ4n) is 2.54. The number of benzene rings is 1. The summed E-state index contributed by atoms with van der Waals surface area (Å²) in [6.45, 7) is 2.84. The molecule has 1 N–H and O–H groups in total. The van der Waals surface area contributed by atoms with Gasteiger partial charge in [0, 0.05) is 29.5 Å². The second-order valence-electron chi connectivity index (χ2n) is 5.99. The molecular formula is C19H19BrN4O3S. The molecule has 28 heavy (non-hydrogen) atoms. The van der Waals surface area contributed by atoms with Crippen LogP contribution in [0.15, 0.2) is 51.6 Å². The Morgan fingerprint density at radius 2 is 1.96 bits per heavy atom. The average Bonchev–Trinajstić information content (AvgIpc) is 3.37. The van der Waals surface area contributed by atoms with Gasteiger partial charge in [-0.1, -0.05) is 46.3 Å². The van der Waals surface area contributed by atoms with Crippen molar-refractivity contribution >= 4 is 44.2 Å². The van der Waals surface area contributed by atoms with E-state index in [0.29, 0.717) is 18.2 Å². The Labute approximate surface area is 174 Å². The monoisotopic (exact) mass is 462 g/mol. The van der Waals surface area contributed by atoms with Crippen LogP contribution in [0.2, 0.25) is 0 Å². The molecule has 3 rings (SSSR count). The highest BCUT2D eigenvalue weighted by atomic mass is 79.9. The second kappa shape index (κ2) is 9.61. The van der Waals surface area contributed by atoms with Crippen molar-refractivity contribution in [2.75, 3.05) is 18.4 Å². The first-order chi connectivity index (χ1) is 13.6. The minimum absolute atomic E-state index is 0.166. The molecule has 0 aliphatic carbocycles. The Balaban J connectivity index is 1.56. The number of aromatic nitrogens is 2. The lowest BCUT2D eigenvalue weighted by molar-refractivity contribution is -0.116. The number of hydrogen-bond donors (Lipinski definition) is 1. The van der Waals surface area contributed by atoms with E-state index in [2.05, 4.69) is 31.4 Å². The number of nitrogens with one attached hydrogen (secondary N) is 1. The smallest absolute Gasteiger partial charge is 0.289 e. The average molecular weight is 463 g/mol. The SMILES string of the molecule is CCCN(CCC(=O)Nc1nnc(-c2ccc(Br)cc2)s1)C(=O)c1ccco1. The van der Waals surface area contributed by atoms with Gasteiger partial charge in [0.1, 0.15) is 5.01 Å². The van der Waals surface area contributed by atoms with Gasteiger partial charge in [-0.05, 0) is 30.7 Å². The summed E-state index contributed by atoms with van der Waals surface area (Å²) in [5, 5.41) is 12.0. The van der Waals surface area contributed by atoms with Gasteiger partial charge in [0.15, 0.2) is 5.76 Å². The van der Waals surface area contributed by atoms with E-state index in [1.54, 1.807) is 17.0 Å². The highest BCUT2D eigenvalue weighted by Crippen LogP contribution is 2.27. The Hall–Kier alpha value is -2.52. The largest absolute Gasteiger partial charge is 0.459 e. The van der Waals surface area contributed by atoms with E-state index in [1.165, 1.54) is 17.6 Å². The van der Waals surface area contributed by atoms with Gasteiger partial charge in [0.25, 0.3) is 5.91 Å². The molecule has 0 fully saturated rings. The number of rotatable bonds is 8. The summed E-state index contributed by atoms with van der Waals surface area (Å²) in [6, 6.07) is 11.0. The molecule has 0 bridgehead atoms. The summed E-state index contributed by atoms with van der Waals surface area (Å²) < 4.78 is 6.15. The number of nitrogens with zero attached hydrogens (tertiary/aromatic N) is 3. The summed E-state index contributed by atoms with van der Waals surface area (Å²) in [7, 11) is 0. The van der Waals surface area contributed by atoms with E-state index in [-0.39, 0.29) is 24.0 Å². The highest BCUT2D eigenvalue weighted by Gasteiger charge is 2.19. The second-order valence-corrected chi connectivity index (χ2v) is 7.88. The normalized spacial score (nSPS) is 10.6. The van der Waals surface area contributed by atoms with E-state index >= 15 is 0 Å². The topological polar surface area (TPSA) is 88.3 Å². The Morgan fingerprint density at radius 1 is 1.18 bits per heavy atom. The van der Waals surface area contributed by atoms with Gasteiger partial charge < -0.3 is 14.6 Å². The quantitative estimate of drug-likeness (QED) is 0.534. The molecule has 9 heteroatoms. The van der Waals surface area contributed by atoms with E-state index in [9.17, 15) is 9.59 Å². The van der Waals surface area contributed by atoms with E-state index in [1.807, 2.05) is 31.2 Å². The lowest BCUT2D eigenvalue weighted by atomic mass is 10.2. The van der Waals surface area contributed by atoms with Crippen LogP contribution in [0.3, 0.4) is 0 Å². The third-order valence-electron chi connectivity index (χ3n) is 3.88. The van der Waals surface area contributed by atoms with Gasteiger partial charge in [-0.3, -0.25) is 9.59 Å². The molecule has 2 aromatic heterocycles. The molecule has 0 radical (unpaired) electrons. The van der Waals surface area contributed by atoms with Crippen molar-refractivity contribution in [3.8, 4) is 10.6 Å². The maximum atomic E-state index is 12.4. The fraction of sp³-hybridized carbons (Fsp3) is 0.263. The van der Waals surface area contributed by atoms with Gasteiger partial charge >= 0.3 is 0 Å². The van der Waals surface area contributed by atoms with E-state index in [0.717, 1.165) is 21.5 Å². The first kappa shape index (κ1) is 20.2. The van der Waals surface area contributed by atoms with Crippen molar-refractivity contribution in [1.29, 1.82) is 0 Å². The third-order valence-corrected chi connectivity index (χ3v) is 5.30. The molecule has 0 saturated heterocycles. The van der Waals surface area contributed by atoms with Gasteiger partial charge in [-0.15, -0.1) is 10.2 Å². The maximum Gasteiger partial charge on any atom is 0.289 e. The molecule has 0 saturated carbocycles. The minimum atomic E-state index is -0.216. The first-order valence-electron chi connectivity index (χ1n) is 8.79. The van der Waals surface area contributed by atoms with E-state index in [4.69, 9.17) is 4.42 Å². The molecule has 2 amide bonds. The molecule has 0 aliphatic rings. The Morgan fingerprint density at radius 3 is 2.64 bits per heavy atom. The van der Waals surface area contributed by atoms with Gasteiger partial charge in [0.05, 0.1) is 6.26 Å². The van der Waals surface area contributed by atoms with Crippen molar-refractivity contribution in [2.24, 2.45) is 0 Å². The fourth-order valence-corrected chi connectivity index (χ4v) is 3.57. The van der Waals surface area contributed by atoms with Crippen LogP contribution in [0, 0.1) is 0 Å². The number of furan rings is 1. The first-order valence-corrected chi connectivity index (χ1v) is 10.4. The zero-order valence-corrected chi connectivity index (χ0v) is 17.6. The van der Waals surface area contributed by atoms with Crippen molar-refractivity contribution in [3.63, 3.8) is 0 Å². The lowest BCUT2D eigenvalue weighted by Gasteiger charge is -2.20. The van der Waals surface area contributed by atoms with E-state index < -0.39 is 0 Å². The summed E-state index contributed by atoms with van der Waals surface area (Å²) in [4.78, 5) is 26.3. The van der Waals surface area contributed by atoms with Gasteiger partial charge in [-0.2, -0.15) is 0 Å². The third kappa shape index (κ3) is 5.26. The van der Waals surface area contributed by atoms with Crippen LogP contribution in [-0.2, 0) is 4.79 Å². The minimum Gasteiger partial charge on any atom is -0.459 e. The molecule has 0 spiro atoms. The van der Waals surface area contributed by atoms with Crippen LogP contribution in [0.5, 0.6) is 0 Å². The van der Waals surface area contributed by atoms with Crippen LogP contribution in [0.1, 0.15) is 30.3 Å². The lowest BCUT2D eigenvalue weighted by Crippen LogP contribution is -2.34. The molecule has 146 valence electrons. The molecule has 2 heterocycles. The van der Waals surface area contributed by atoms with Crippen LogP contribution in [-0.4, -0.2) is 40.0 Å². The van der Waals surface area contributed by atoms with Gasteiger partial charge in [-0.25, -0.2) is 0 Å². The Kier molecular flexibility index (Phi) is 6.94. The Bertz CT molecular complexity index is 925. The van der Waals surface area contributed by atoms with Crippen molar-refractivity contribution < 1.29 is 14.0 Å². The number of anilines is 1.